The number of hydrogen-bond donors (Lipinski definition) is 3. The Labute approximate surface area is 142 Å². The standard InChI is InChI=1S/C19H24N2O3/c1-12-3-2-4-13(5-12)19-17(22)6-14(7-18(19)23)15(8-20)9-21-16-10-24-11-16/h5-9,13,16,22-23H,2-4,10-11,20H2,1H3. The average molecular weight is 328 g/mol. The Hall–Kier alpha value is -2.27. The Kier molecular flexibility index (Phi) is 4.90. The molecule has 1 fully saturated rings. The van der Waals surface area contributed by atoms with Gasteiger partial charge in [0.15, 0.2) is 0 Å². The van der Waals surface area contributed by atoms with Gasteiger partial charge in [-0.05, 0) is 43.9 Å². The van der Waals surface area contributed by atoms with Crippen LogP contribution in [-0.4, -0.2) is 35.7 Å². The molecule has 1 atom stereocenters. The number of ether oxygens (including phenoxy) is 1. The molecule has 0 spiro atoms. The lowest BCUT2D eigenvalue weighted by molar-refractivity contribution is 0.0136. The molecule has 1 aromatic carbocycles. The lowest BCUT2D eigenvalue weighted by Crippen LogP contribution is -2.31. The predicted octanol–water partition coefficient (Wildman–Crippen LogP) is 3.08. The van der Waals surface area contributed by atoms with E-state index >= 15 is 0 Å². The number of rotatable bonds is 4. The second-order valence-electron chi connectivity index (χ2n) is 6.53. The van der Waals surface area contributed by atoms with Crippen LogP contribution in [0.15, 0.2) is 35.0 Å². The molecule has 24 heavy (non-hydrogen) atoms. The highest BCUT2D eigenvalue weighted by molar-refractivity contribution is 6.10. The molecule has 0 radical (unpaired) electrons. The predicted molar refractivity (Wildman–Crippen MR) is 95.4 cm³/mol. The minimum atomic E-state index is 0.0545. The lowest BCUT2D eigenvalue weighted by Gasteiger charge is -2.22. The maximum atomic E-state index is 10.5. The van der Waals surface area contributed by atoms with Gasteiger partial charge in [0.25, 0.3) is 0 Å². The lowest BCUT2D eigenvalue weighted by atomic mass is 9.84. The van der Waals surface area contributed by atoms with Gasteiger partial charge in [0.05, 0.1) is 19.3 Å². The van der Waals surface area contributed by atoms with Crippen molar-refractivity contribution in [2.75, 3.05) is 13.2 Å². The van der Waals surface area contributed by atoms with Crippen molar-refractivity contribution in [3.05, 3.63) is 41.1 Å². The molecule has 1 aliphatic carbocycles. The van der Waals surface area contributed by atoms with Crippen LogP contribution in [0.3, 0.4) is 0 Å². The van der Waals surface area contributed by atoms with Crippen LogP contribution in [0, 0.1) is 0 Å². The topological polar surface area (TPSA) is 88.1 Å². The van der Waals surface area contributed by atoms with Gasteiger partial charge in [-0.15, -0.1) is 0 Å². The van der Waals surface area contributed by atoms with Gasteiger partial charge in [-0.3, -0.25) is 4.99 Å². The van der Waals surface area contributed by atoms with Gasteiger partial charge >= 0.3 is 0 Å². The molecule has 1 aromatic rings. The minimum absolute atomic E-state index is 0.0545. The molecule has 128 valence electrons. The molecule has 0 saturated carbocycles. The first-order chi connectivity index (χ1) is 11.6. The normalized spacial score (nSPS) is 22.5. The number of allylic oxidation sites excluding steroid dienone is 3. The van der Waals surface area contributed by atoms with Crippen molar-refractivity contribution in [1.82, 2.24) is 0 Å². The molecule has 5 heteroatoms. The van der Waals surface area contributed by atoms with Crippen LogP contribution in [0.25, 0.3) is 5.57 Å². The second-order valence-corrected chi connectivity index (χ2v) is 6.53. The number of aromatic hydroxyl groups is 2. The maximum Gasteiger partial charge on any atom is 0.123 e. The number of aliphatic imine (C=N–C) groups is 1. The first-order valence-corrected chi connectivity index (χ1v) is 8.35. The molecule has 1 saturated heterocycles. The zero-order chi connectivity index (χ0) is 17.1. The van der Waals surface area contributed by atoms with Crippen LogP contribution >= 0.6 is 0 Å². The molecule has 0 aromatic heterocycles. The van der Waals surface area contributed by atoms with Crippen LogP contribution in [0.1, 0.15) is 43.2 Å². The minimum Gasteiger partial charge on any atom is -0.507 e. The third-order valence-corrected chi connectivity index (χ3v) is 4.64. The number of hydrogen-bond acceptors (Lipinski definition) is 5. The van der Waals surface area contributed by atoms with E-state index in [4.69, 9.17) is 10.5 Å². The summed E-state index contributed by atoms with van der Waals surface area (Å²) in [5, 5.41) is 20.9. The van der Waals surface area contributed by atoms with Crippen LogP contribution in [-0.2, 0) is 4.74 Å². The summed E-state index contributed by atoms with van der Waals surface area (Å²) in [4.78, 5) is 4.39. The molecular weight excluding hydrogens is 304 g/mol. The Morgan fingerprint density at radius 2 is 2.00 bits per heavy atom. The second kappa shape index (κ2) is 7.09. The van der Waals surface area contributed by atoms with Crippen LogP contribution in [0.4, 0.5) is 0 Å². The van der Waals surface area contributed by atoms with E-state index in [9.17, 15) is 10.2 Å². The van der Waals surface area contributed by atoms with E-state index in [1.165, 1.54) is 11.8 Å². The highest BCUT2D eigenvalue weighted by Gasteiger charge is 2.22. The third-order valence-electron chi connectivity index (χ3n) is 4.64. The van der Waals surface area contributed by atoms with Crippen LogP contribution < -0.4 is 5.73 Å². The van der Waals surface area contributed by atoms with E-state index < -0.39 is 0 Å². The molecule has 0 bridgehead atoms. The van der Waals surface area contributed by atoms with Crippen molar-refractivity contribution in [2.45, 2.75) is 38.1 Å². The van der Waals surface area contributed by atoms with Gasteiger partial charge in [0.1, 0.15) is 11.5 Å². The summed E-state index contributed by atoms with van der Waals surface area (Å²) in [6, 6.07) is 3.46. The van der Waals surface area contributed by atoms with Crippen molar-refractivity contribution < 1.29 is 14.9 Å². The van der Waals surface area contributed by atoms with Gasteiger partial charge < -0.3 is 20.7 Å². The van der Waals surface area contributed by atoms with Crippen LogP contribution in [0.2, 0.25) is 0 Å². The highest BCUT2D eigenvalue weighted by Crippen LogP contribution is 2.42. The molecule has 3 rings (SSSR count). The van der Waals surface area contributed by atoms with E-state index in [1.54, 1.807) is 18.3 Å². The fraction of sp³-hybridized carbons (Fsp3) is 0.421. The maximum absolute atomic E-state index is 10.5. The monoisotopic (exact) mass is 328 g/mol. The fourth-order valence-corrected chi connectivity index (χ4v) is 3.22. The van der Waals surface area contributed by atoms with Crippen molar-refractivity contribution in [3.63, 3.8) is 0 Å². The Morgan fingerprint density at radius 3 is 2.54 bits per heavy atom. The quantitative estimate of drug-likeness (QED) is 0.585. The number of phenolic OH excluding ortho intramolecular Hbond substituents is 2. The zero-order valence-corrected chi connectivity index (χ0v) is 13.9. The first kappa shape index (κ1) is 16.6. The van der Waals surface area contributed by atoms with Crippen LogP contribution in [0.5, 0.6) is 11.5 Å². The van der Waals surface area contributed by atoms with E-state index in [0.29, 0.717) is 29.9 Å². The van der Waals surface area contributed by atoms with Crippen molar-refractivity contribution in [1.29, 1.82) is 0 Å². The Morgan fingerprint density at radius 1 is 1.29 bits per heavy atom. The largest absolute Gasteiger partial charge is 0.507 e. The molecule has 5 nitrogen and oxygen atoms in total. The molecule has 1 heterocycles. The summed E-state index contributed by atoms with van der Waals surface area (Å²) in [5.41, 5.74) is 8.90. The Balaban J connectivity index is 1.88. The number of nitrogens with two attached hydrogens (primary N) is 1. The zero-order valence-electron chi connectivity index (χ0n) is 13.9. The molecule has 1 unspecified atom stereocenters. The number of benzene rings is 1. The highest BCUT2D eigenvalue weighted by atomic mass is 16.5. The van der Waals surface area contributed by atoms with Crippen molar-refractivity contribution in [3.8, 4) is 11.5 Å². The van der Waals surface area contributed by atoms with Gasteiger partial charge in [-0.2, -0.15) is 0 Å². The Bertz CT molecular complexity index is 680. The summed E-state index contributed by atoms with van der Waals surface area (Å²) in [6.07, 6.45) is 8.32. The summed E-state index contributed by atoms with van der Waals surface area (Å²) >= 11 is 0. The van der Waals surface area contributed by atoms with Gasteiger partial charge in [0.2, 0.25) is 0 Å². The van der Waals surface area contributed by atoms with Gasteiger partial charge in [-0.1, -0.05) is 11.6 Å². The van der Waals surface area contributed by atoms with Crippen molar-refractivity contribution >= 4 is 11.8 Å². The van der Waals surface area contributed by atoms with Crippen molar-refractivity contribution in [2.24, 2.45) is 10.7 Å². The van der Waals surface area contributed by atoms with Gasteiger partial charge in [0, 0.05) is 29.5 Å². The summed E-state index contributed by atoms with van der Waals surface area (Å²) in [7, 11) is 0. The van der Waals surface area contributed by atoms with E-state index in [-0.39, 0.29) is 23.5 Å². The summed E-state index contributed by atoms with van der Waals surface area (Å²) in [5.74, 6) is 0.250. The van der Waals surface area contributed by atoms with E-state index in [1.807, 2.05) is 0 Å². The molecule has 1 aliphatic heterocycles. The van der Waals surface area contributed by atoms with Gasteiger partial charge in [-0.25, -0.2) is 0 Å². The summed E-state index contributed by atoms with van der Waals surface area (Å²) < 4.78 is 5.09. The molecule has 0 amide bonds. The molecular formula is C19H24N2O3. The summed E-state index contributed by atoms with van der Waals surface area (Å²) in [6.45, 7) is 3.33. The van der Waals surface area contributed by atoms with E-state index in [0.717, 1.165) is 19.3 Å². The SMILES string of the molecule is CC1=CC(c2c(O)cc(C(C=NC3COC3)=CN)cc2O)CCC1. The molecule has 2 aliphatic rings. The number of phenols is 2. The average Bonchev–Trinajstić information content (AvgIpc) is 2.49. The van der Waals surface area contributed by atoms with E-state index in [2.05, 4.69) is 18.0 Å². The first-order valence-electron chi connectivity index (χ1n) is 8.35. The number of nitrogens with zero attached hydrogens (tertiary/aromatic N) is 1. The smallest absolute Gasteiger partial charge is 0.123 e. The fourth-order valence-electron chi connectivity index (χ4n) is 3.22. The molecule has 4 N–H and O–H groups in total. The third kappa shape index (κ3) is 3.46.